The summed E-state index contributed by atoms with van der Waals surface area (Å²) in [5.41, 5.74) is -0.121. The monoisotopic (exact) mass is 359 g/mol. The molecular weight excluding hydrogens is 334 g/mol. The maximum Gasteiger partial charge on any atom is 0.253 e. The van der Waals surface area contributed by atoms with E-state index >= 15 is 0 Å². The van der Waals surface area contributed by atoms with Crippen LogP contribution in [-0.2, 0) is 14.3 Å². The maximum absolute atomic E-state index is 13.0. The summed E-state index contributed by atoms with van der Waals surface area (Å²) in [5, 5.41) is 0. The summed E-state index contributed by atoms with van der Waals surface area (Å²) in [5.74, 6) is -0.279. The molecule has 0 bridgehead atoms. The van der Waals surface area contributed by atoms with Gasteiger partial charge in [0.05, 0.1) is 5.41 Å². The fourth-order valence-corrected chi connectivity index (χ4v) is 4.14. The summed E-state index contributed by atoms with van der Waals surface area (Å²) in [4.78, 5) is 43.1. The van der Waals surface area contributed by atoms with Gasteiger partial charge in [0.25, 0.3) is 5.91 Å². The lowest BCUT2D eigenvalue weighted by Gasteiger charge is -2.30. The Morgan fingerprint density at radius 3 is 2.35 bits per heavy atom. The zero-order valence-electron chi connectivity index (χ0n) is 15.5. The van der Waals surface area contributed by atoms with E-state index in [1.807, 2.05) is 18.2 Å². The van der Waals surface area contributed by atoms with Crippen LogP contribution in [0.2, 0.25) is 0 Å². The Labute approximate surface area is 153 Å². The summed E-state index contributed by atoms with van der Waals surface area (Å²) in [6, 6.07) is 9.09. The van der Waals surface area contributed by atoms with Crippen LogP contribution in [0.4, 0.5) is 0 Å². The first-order valence-corrected chi connectivity index (χ1v) is 8.72. The van der Waals surface area contributed by atoms with E-state index in [1.54, 1.807) is 40.9 Å². The van der Waals surface area contributed by atoms with Gasteiger partial charge in [0.1, 0.15) is 6.61 Å². The molecule has 0 unspecified atom stereocenters. The van der Waals surface area contributed by atoms with Crippen molar-refractivity contribution in [3.8, 4) is 0 Å². The Hall–Kier alpha value is -2.41. The van der Waals surface area contributed by atoms with Crippen molar-refractivity contribution in [3.05, 3.63) is 35.9 Å². The summed E-state index contributed by atoms with van der Waals surface area (Å²) in [7, 11) is 4.92. The van der Waals surface area contributed by atoms with E-state index in [2.05, 4.69) is 0 Å². The molecule has 3 rings (SSSR count). The second kappa shape index (κ2) is 7.07. The molecule has 1 aromatic rings. The molecule has 2 heterocycles. The van der Waals surface area contributed by atoms with Crippen LogP contribution in [0.3, 0.4) is 0 Å². The van der Waals surface area contributed by atoms with E-state index in [-0.39, 0.29) is 30.2 Å². The molecule has 0 aliphatic carbocycles. The molecule has 2 aliphatic rings. The van der Waals surface area contributed by atoms with Crippen LogP contribution >= 0.6 is 0 Å². The largest absolute Gasteiger partial charge is 0.375 e. The molecule has 7 heteroatoms. The number of ether oxygens (including phenoxy) is 1. The fraction of sp³-hybridized carbons (Fsp3) is 0.526. The van der Waals surface area contributed by atoms with E-state index in [4.69, 9.17) is 4.74 Å². The minimum Gasteiger partial charge on any atom is -0.375 e. The molecule has 2 saturated heterocycles. The first kappa shape index (κ1) is 18.4. The molecule has 7 nitrogen and oxygen atoms in total. The Balaban J connectivity index is 1.84. The van der Waals surface area contributed by atoms with Crippen LogP contribution < -0.4 is 0 Å². The van der Waals surface area contributed by atoms with Crippen molar-refractivity contribution in [1.29, 1.82) is 0 Å². The van der Waals surface area contributed by atoms with Gasteiger partial charge in [-0.1, -0.05) is 18.2 Å². The summed E-state index contributed by atoms with van der Waals surface area (Å²) >= 11 is 0. The van der Waals surface area contributed by atoms with Crippen molar-refractivity contribution in [2.45, 2.75) is 0 Å². The topological polar surface area (TPSA) is 70.2 Å². The van der Waals surface area contributed by atoms with Crippen LogP contribution in [0, 0.1) is 11.3 Å². The van der Waals surface area contributed by atoms with Gasteiger partial charge in [-0.25, -0.2) is 0 Å². The number of fused-ring (bicyclic) bond motifs is 1. The van der Waals surface area contributed by atoms with Gasteiger partial charge in [0.2, 0.25) is 11.8 Å². The van der Waals surface area contributed by atoms with Crippen molar-refractivity contribution in [1.82, 2.24) is 14.7 Å². The van der Waals surface area contributed by atoms with Crippen molar-refractivity contribution in [3.63, 3.8) is 0 Å². The first-order valence-electron chi connectivity index (χ1n) is 8.72. The standard InChI is InChI=1S/C19H25N3O4/c1-20(2)18(25)19-12-21(16(23)11-26-3)9-15(19)10-22(13-19)17(24)14-7-5-4-6-8-14/h4-8,15H,9-13H2,1-3H3/t15-,19-/m0/s1. The Kier molecular flexibility index (Phi) is 5.00. The van der Waals surface area contributed by atoms with Crippen LogP contribution in [0.1, 0.15) is 10.4 Å². The van der Waals surface area contributed by atoms with E-state index in [1.165, 1.54) is 7.11 Å². The lowest BCUT2D eigenvalue weighted by Crippen LogP contribution is -2.48. The lowest BCUT2D eigenvalue weighted by atomic mass is 9.80. The molecule has 1 aromatic carbocycles. The molecule has 3 amide bonds. The normalized spacial score (nSPS) is 24.5. The number of benzene rings is 1. The Bertz CT molecular complexity index is 706. The molecule has 2 atom stereocenters. The molecule has 2 aliphatic heterocycles. The van der Waals surface area contributed by atoms with Crippen molar-refractivity contribution in [2.24, 2.45) is 11.3 Å². The highest BCUT2D eigenvalue weighted by Crippen LogP contribution is 2.44. The molecule has 0 spiro atoms. The molecule has 2 fully saturated rings. The molecule has 0 radical (unpaired) electrons. The predicted octanol–water partition coefficient (Wildman–Crippen LogP) is 0.322. The highest BCUT2D eigenvalue weighted by Gasteiger charge is 2.59. The number of likely N-dealkylation sites (tertiary alicyclic amines) is 2. The highest BCUT2D eigenvalue weighted by molar-refractivity contribution is 5.96. The number of nitrogens with zero attached hydrogens (tertiary/aromatic N) is 3. The molecule has 140 valence electrons. The minimum atomic E-state index is -0.739. The molecule has 0 aromatic heterocycles. The van der Waals surface area contributed by atoms with Crippen LogP contribution in [0.25, 0.3) is 0 Å². The minimum absolute atomic E-state index is 0.00557. The summed E-state index contributed by atoms with van der Waals surface area (Å²) in [6.45, 7) is 1.62. The molecule has 0 N–H and O–H groups in total. The molecule has 26 heavy (non-hydrogen) atoms. The van der Waals surface area contributed by atoms with Crippen molar-refractivity contribution < 1.29 is 19.1 Å². The average molecular weight is 359 g/mol. The maximum atomic E-state index is 13.0. The number of amides is 3. The van der Waals surface area contributed by atoms with Gasteiger partial charge in [-0.2, -0.15) is 0 Å². The first-order chi connectivity index (χ1) is 12.4. The number of methoxy groups -OCH3 is 1. The van der Waals surface area contributed by atoms with Crippen LogP contribution in [-0.4, -0.2) is 86.4 Å². The SMILES string of the molecule is COCC(=O)N1C[C@H]2CN(C(=O)c3ccccc3)C[C@@]2(C(=O)N(C)C)C1. The second-order valence-corrected chi connectivity index (χ2v) is 7.31. The van der Waals surface area contributed by atoms with Gasteiger partial charge in [-0.05, 0) is 12.1 Å². The smallest absolute Gasteiger partial charge is 0.253 e. The van der Waals surface area contributed by atoms with Gasteiger partial charge in [0, 0.05) is 58.9 Å². The number of hydrogen-bond donors (Lipinski definition) is 0. The van der Waals surface area contributed by atoms with Gasteiger partial charge in [-0.15, -0.1) is 0 Å². The third kappa shape index (κ3) is 3.07. The van der Waals surface area contributed by atoms with Crippen molar-refractivity contribution >= 4 is 17.7 Å². The third-order valence-electron chi connectivity index (χ3n) is 5.37. The third-order valence-corrected chi connectivity index (χ3v) is 5.37. The van der Waals surface area contributed by atoms with E-state index in [9.17, 15) is 14.4 Å². The van der Waals surface area contributed by atoms with E-state index in [0.29, 0.717) is 31.7 Å². The summed E-state index contributed by atoms with van der Waals surface area (Å²) in [6.07, 6.45) is 0. The average Bonchev–Trinajstić information content (AvgIpc) is 3.16. The van der Waals surface area contributed by atoms with Gasteiger partial charge < -0.3 is 19.4 Å². The Morgan fingerprint density at radius 1 is 1.12 bits per heavy atom. The molecule has 0 saturated carbocycles. The predicted molar refractivity (Wildman–Crippen MR) is 95.4 cm³/mol. The second-order valence-electron chi connectivity index (χ2n) is 7.31. The van der Waals surface area contributed by atoms with Crippen LogP contribution in [0.15, 0.2) is 30.3 Å². The van der Waals surface area contributed by atoms with Gasteiger partial charge >= 0.3 is 0 Å². The highest BCUT2D eigenvalue weighted by atomic mass is 16.5. The number of carbonyl (C=O) groups is 3. The zero-order valence-corrected chi connectivity index (χ0v) is 15.5. The number of hydrogen-bond acceptors (Lipinski definition) is 4. The molecular formula is C19H25N3O4. The number of carbonyl (C=O) groups excluding carboxylic acids is 3. The number of rotatable bonds is 4. The Morgan fingerprint density at radius 2 is 1.73 bits per heavy atom. The fourth-order valence-electron chi connectivity index (χ4n) is 4.14. The zero-order chi connectivity index (χ0) is 18.9. The quantitative estimate of drug-likeness (QED) is 0.776. The summed E-state index contributed by atoms with van der Waals surface area (Å²) < 4.78 is 4.95. The van der Waals surface area contributed by atoms with E-state index in [0.717, 1.165) is 0 Å². The van der Waals surface area contributed by atoms with Crippen molar-refractivity contribution in [2.75, 3.05) is 54.0 Å². The van der Waals surface area contributed by atoms with Gasteiger partial charge in [-0.3, -0.25) is 14.4 Å². The van der Waals surface area contributed by atoms with Crippen LogP contribution in [0.5, 0.6) is 0 Å². The lowest BCUT2D eigenvalue weighted by molar-refractivity contribution is -0.140. The van der Waals surface area contributed by atoms with Gasteiger partial charge in [0.15, 0.2) is 0 Å². The van der Waals surface area contributed by atoms with E-state index < -0.39 is 5.41 Å².